The molecule has 0 saturated carbocycles. The molecule has 104 valence electrons. The molecule has 4 N–H and O–H groups in total. The van der Waals surface area contributed by atoms with Gasteiger partial charge in [0.15, 0.2) is 5.84 Å². The van der Waals surface area contributed by atoms with Gasteiger partial charge in [-0.1, -0.05) is 12.1 Å². The second-order valence-electron chi connectivity index (χ2n) is 5.16. The standard InChI is InChI=1S/C12H24N4O2/c1-4-12(2,10(13)15-18)11(17)14-8-9-6-5-7-16(9)3/h9,18H,4-8H2,1-3H3,(H2,13,15)(H,14,17). The fourth-order valence-corrected chi connectivity index (χ4v) is 2.21. The lowest BCUT2D eigenvalue weighted by Crippen LogP contribution is -2.50. The Morgan fingerprint density at radius 2 is 2.33 bits per heavy atom. The summed E-state index contributed by atoms with van der Waals surface area (Å²) >= 11 is 0. The molecular formula is C12H24N4O2. The number of nitrogens with two attached hydrogens (primary N) is 1. The van der Waals surface area contributed by atoms with E-state index < -0.39 is 5.41 Å². The SMILES string of the molecule is CCC(C)(C(=O)NCC1CCCN1C)C(N)=NO. The Labute approximate surface area is 108 Å². The molecule has 2 atom stereocenters. The first-order valence-corrected chi connectivity index (χ1v) is 6.42. The van der Waals surface area contributed by atoms with Gasteiger partial charge in [0.05, 0.1) is 0 Å². The van der Waals surface area contributed by atoms with Gasteiger partial charge in [0.1, 0.15) is 5.41 Å². The van der Waals surface area contributed by atoms with Crippen LogP contribution in [0.5, 0.6) is 0 Å². The van der Waals surface area contributed by atoms with Crippen LogP contribution < -0.4 is 11.1 Å². The molecule has 0 aromatic rings. The molecule has 1 aliphatic heterocycles. The molecule has 6 nitrogen and oxygen atoms in total. The van der Waals surface area contributed by atoms with Crippen LogP contribution in [0.1, 0.15) is 33.1 Å². The van der Waals surface area contributed by atoms with Gasteiger partial charge in [-0.05, 0) is 39.8 Å². The van der Waals surface area contributed by atoms with Gasteiger partial charge in [0.2, 0.25) is 5.91 Å². The number of likely N-dealkylation sites (N-methyl/N-ethyl adjacent to an activating group) is 1. The van der Waals surface area contributed by atoms with Crippen LogP contribution in [0.3, 0.4) is 0 Å². The van der Waals surface area contributed by atoms with Gasteiger partial charge < -0.3 is 21.2 Å². The summed E-state index contributed by atoms with van der Waals surface area (Å²) in [6.45, 7) is 5.23. The Hall–Kier alpha value is -1.30. The first-order chi connectivity index (χ1) is 8.45. The summed E-state index contributed by atoms with van der Waals surface area (Å²) in [5.41, 5.74) is 4.66. The molecule has 1 heterocycles. The fraction of sp³-hybridized carbons (Fsp3) is 0.833. The van der Waals surface area contributed by atoms with E-state index in [1.165, 1.54) is 6.42 Å². The molecule has 2 unspecified atom stereocenters. The number of hydrogen-bond donors (Lipinski definition) is 3. The van der Waals surface area contributed by atoms with Gasteiger partial charge in [-0.2, -0.15) is 0 Å². The molecule has 18 heavy (non-hydrogen) atoms. The normalized spacial score (nSPS) is 24.8. The highest BCUT2D eigenvalue weighted by atomic mass is 16.4. The van der Waals surface area contributed by atoms with Crippen LogP contribution in [-0.4, -0.2) is 48.0 Å². The summed E-state index contributed by atoms with van der Waals surface area (Å²) in [6, 6.07) is 0.391. The van der Waals surface area contributed by atoms with Crippen LogP contribution in [0.25, 0.3) is 0 Å². The van der Waals surface area contributed by atoms with Crippen molar-refractivity contribution >= 4 is 11.7 Å². The molecule has 1 aliphatic rings. The molecule has 0 aliphatic carbocycles. The van der Waals surface area contributed by atoms with Gasteiger partial charge in [0.25, 0.3) is 0 Å². The summed E-state index contributed by atoms with van der Waals surface area (Å²) in [4.78, 5) is 14.4. The van der Waals surface area contributed by atoms with Gasteiger partial charge in [-0.25, -0.2) is 0 Å². The van der Waals surface area contributed by atoms with Crippen LogP contribution in [0.2, 0.25) is 0 Å². The van der Waals surface area contributed by atoms with Crippen molar-refractivity contribution in [2.75, 3.05) is 20.1 Å². The van der Waals surface area contributed by atoms with E-state index in [1.807, 2.05) is 6.92 Å². The number of rotatable bonds is 5. The number of hydrogen-bond acceptors (Lipinski definition) is 4. The van der Waals surface area contributed by atoms with E-state index in [4.69, 9.17) is 10.9 Å². The maximum absolute atomic E-state index is 12.2. The molecule has 6 heteroatoms. The third kappa shape index (κ3) is 2.93. The fourth-order valence-electron chi connectivity index (χ4n) is 2.21. The van der Waals surface area contributed by atoms with Crippen molar-refractivity contribution in [3.8, 4) is 0 Å². The average Bonchev–Trinajstić information content (AvgIpc) is 2.79. The smallest absolute Gasteiger partial charge is 0.233 e. The Balaban J connectivity index is 2.58. The predicted octanol–water partition coefficient (Wildman–Crippen LogP) is 0.360. The van der Waals surface area contributed by atoms with E-state index in [1.54, 1.807) is 6.92 Å². The number of nitrogens with one attached hydrogen (secondary N) is 1. The maximum Gasteiger partial charge on any atom is 0.233 e. The summed E-state index contributed by atoms with van der Waals surface area (Å²) in [6.07, 6.45) is 2.76. The van der Waals surface area contributed by atoms with Crippen molar-refractivity contribution in [1.29, 1.82) is 0 Å². The molecule has 0 radical (unpaired) electrons. The predicted molar refractivity (Wildman–Crippen MR) is 70.5 cm³/mol. The number of carbonyl (C=O) groups is 1. The summed E-state index contributed by atoms with van der Waals surface area (Å²) in [5, 5.41) is 14.6. The largest absolute Gasteiger partial charge is 0.409 e. The monoisotopic (exact) mass is 256 g/mol. The van der Waals surface area contributed by atoms with Crippen LogP contribution in [0.4, 0.5) is 0 Å². The first kappa shape index (κ1) is 14.8. The summed E-state index contributed by atoms with van der Waals surface area (Å²) in [7, 11) is 2.06. The highest BCUT2D eigenvalue weighted by Crippen LogP contribution is 2.22. The van der Waals surface area contributed by atoms with E-state index in [0.717, 1.165) is 13.0 Å². The number of amides is 1. The van der Waals surface area contributed by atoms with Crippen molar-refractivity contribution in [1.82, 2.24) is 10.2 Å². The number of amidine groups is 1. The van der Waals surface area contributed by atoms with Crippen molar-refractivity contribution in [2.45, 2.75) is 39.2 Å². The number of oxime groups is 1. The number of nitrogens with zero attached hydrogens (tertiary/aromatic N) is 2. The molecule has 1 amide bonds. The van der Waals surface area contributed by atoms with Crippen LogP contribution in [0, 0.1) is 5.41 Å². The van der Waals surface area contributed by atoms with Gasteiger partial charge in [-0.15, -0.1) is 0 Å². The highest BCUT2D eigenvalue weighted by molar-refractivity contribution is 6.06. The minimum Gasteiger partial charge on any atom is -0.409 e. The second-order valence-corrected chi connectivity index (χ2v) is 5.16. The first-order valence-electron chi connectivity index (χ1n) is 6.42. The molecule has 1 fully saturated rings. The van der Waals surface area contributed by atoms with E-state index >= 15 is 0 Å². The highest BCUT2D eigenvalue weighted by Gasteiger charge is 2.36. The van der Waals surface area contributed by atoms with Crippen molar-refractivity contribution < 1.29 is 10.0 Å². The van der Waals surface area contributed by atoms with E-state index in [-0.39, 0.29) is 11.7 Å². The maximum atomic E-state index is 12.2. The summed E-state index contributed by atoms with van der Waals surface area (Å²) < 4.78 is 0. The van der Waals surface area contributed by atoms with E-state index in [2.05, 4.69) is 22.4 Å². The Morgan fingerprint density at radius 1 is 1.67 bits per heavy atom. The van der Waals surface area contributed by atoms with E-state index in [0.29, 0.717) is 19.0 Å². The van der Waals surface area contributed by atoms with Crippen LogP contribution >= 0.6 is 0 Å². The molecule has 0 spiro atoms. The third-order valence-corrected chi connectivity index (χ3v) is 4.05. The summed E-state index contributed by atoms with van der Waals surface area (Å²) in [5.74, 6) is -0.220. The van der Waals surface area contributed by atoms with Gasteiger partial charge >= 0.3 is 0 Å². The zero-order valence-corrected chi connectivity index (χ0v) is 11.4. The van der Waals surface area contributed by atoms with E-state index in [9.17, 15) is 4.79 Å². The zero-order valence-electron chi connectivity index (χ0n) is 11.4. The second kappa shape index (κ2) is 6.04. The molecule has 0 aromatic heterocycles. The van der Waals surface area contributed by atoms with Crippen LogP contribution in [0.15, 0.2) is 5.16 Å². The molecule has 0 aromatic carbocycles. The van der Waals surface area contributed by atoms with Crippen molar-refractivity contribution in [3.05, 3.63) is 0 Å². The lowest BCUT2D eigenvalue weighted by molar-refractivity contribution is -0.127. The Morgan fingerprint density at radius 3 is 2.78 bits per heavy atom. The van der Waals surface area contributed by atoms with Crippen LogP contribution in [-0.2, 0) is 4.79 Å². The minimum atomic E-state index is -0.939. The lowest BCUT2D eigenvalue weighted by Gasteiger charge is -2.27. The lowest BCUT2D eigenvalue weighted by atomic mass is 9.85. The molecule has 1 saturated heterocycles. The van der Waals surface area contributed by atoms with Crippen molar-refractivity contribution in [3.63, 3.8) is 0 Å². The molecule has 1 rings (SSSR count). The minimum absolute atomic E-state index is 0.0396. The third-order valence-electron chi connectivity index (χ3n) is 4.05. The Kier molecular flexibility index (Phi) is 4.95. The quantitative estimate of drug-likeness (QED) is 0.287. The number of carbonyl (C=O) groups excluding carboxylic acids is 1. The number of likely N-dealkylation sites (tertiary alicyclic amines) is 1. The van der Waals surface area contributed by atoms with Crippen molar-refractivity contribution in [2.24, 2.45) is 16.3 Å². The Bertz CT molecular complexity index is 332. The average molecular weight is 256 g/mol. The molecular weight excluding hydrogens is 232 g/mol. The van der Waals surface area contributed by atoms with Gasteiger partial charge in [0, 0.05) is 12.6 Å². The molecule has 0 bridgehead atoms. The van der Waals surface area contributed by atoms with Gasteiger partial charge in [-0.3, -0.25) is 4.79 Å². The topological polar surface area (TPSA) is 91.0 Å². The zero-order chi connectivity index (χ0) is 13.8.